The van der Waals surface area contributed by atoms with Crippen molar-refractivity contribution in [1.82, 2.24) is 14.6 Å². The molecule has 0 saturated carbocycles. The lowest BCUT2D eigenvalue weighted by atomic mass is 10.2. The first-order valence-electron chi connectivity index (χ1n) is 10.7. The summed E-state index contributed by atoms with van der Waals surface area (Å²) in [6, 6.07) is 8.39. The third-order valence-corrected chi connectivity index (χ3v) is 5.79. The molecule has 0 aliphatic carbocycles. The Hall–Kier alpha value is -3.39. The van der Waals surface area contributed by atoms with E-state index in [9.17, 15) is 9.18 Å². The Morgan fingerprint density at radius 1 is 1.12 bits per heavy atom. The standard InChI is InChI=1S/C24H28FN5O2/c1-16-13-19(18(3)30(16)23-14-17(2)32-27-23)5-8-24(31)26-21-15-20(25)6-7-22(21)29-11-9-28(4)10-12-29/h5-8,13-15H,9-12H2,1-4H3,(H,26,31)/b8-5+. The van der Waals surface area contributed by atoms with E-state index in [1.807, 2.05) is 37.5 Å². The Morgan fingerprint density at radius 3 is 2.56 bits per heavy atom. The van der Waals surface area contributed by atoms with E-state index in [1.54, 1.807) is 12.1 Å². The van der Waals surface area contributed by atoms with Crippen LogP contribution < -0.4 is 10.2 Å². The van der Waals surface area contributed by atoms with Gasteiger partial charge < -0.3 is 19.6 Å². The third-order valence-electron chi connectivity index (χ3n) is 5.79. The van der Waals surface area contributed by atoms with Gasteiger partial charge in [-0.1, -0.05) is 5.16 Å². The van der Waals surface area contributed by atoms with E-state index in [1.165, 1.54) is 18.2 Å². The fourth-order valence-corrected chi connectivity index (χ4v) is 4.04. The minimum absolute atomic E-state index is 0.312. The van der Waals surface area contributed by atoms with Crippen molar-refractivity contribution in [3.8, 4) is 5.82 Å². The van der Waals surface area contributed by atoms with Gasteiger partial charge in [0.2, 0.25) is 5.91 Å². The fraction of sp³-hybridized carbons (Fsp3) is 0.333. The number of hydrogen-bond donors (Lipinski definition) is 1. The lowest BCUT2D eigenvalue weighted by Crippen LogP contribution is -2.44. The van der Waals surface area contributed by atoms with Gasteiger partial charge in [0.25, 0.3) is 0 Å². The lowest BCUT2D eigenvalue weighted by Gasteiger charge is -2.35. The molecule has 1 aliphatic heterocycles. The van der Waals surface area contributed by atoms with Gasteiger partial charge in [-0.25, -0.2) is 4.39 Å². The zero-order valence-corrected chi connectivity index (χ0v) is 18.9. The Bertz CT molecular complexity index is 1160. The van der Waals surface area contributed by atoms with Crippen LogP contribution in [0.15, 0.2) is 40.9 Å². The molecule has 8 heteroatoms. The normalized spacial score (nSPS) is 15.0. The zero-order chi connectivity index (χ0) is 22.8. The highest BCUT2D eigenvalue weighted by Gasteiger charge is 2.18. The molecule has 0 bridgehead atoms. The summed E-state index contributed by atoms with van der Waals surface area (Å²) >= 11 is 0. The summed E-state index contributed by atoms with van der Waals surface area (Å²) < 4.78 is 21.1. The number of carbonyl (C=O) groups is 1. The van der Waals surface area contributed by atoms with Crippen LogP contribution in [0, 0.1) is 26.6 Å². The number of anilines is 2. The van der Waals surface area contributed by atoms with Gasteiger partial charge in [-0.15, -0.1) is 0 Å². The fourth-order valence-electron chi connectivity index (χ4n) is 4.04. The van der Waals surface area contributed by atoms with Gasteiger partial charge in [0.1, 0.15) is 11.6 Å². The number of piperazine rings is 1. The van der Waals surface area contributed by atoms with Gasteiger partial charge in [0.15, 0.2) is 5.82 Å². The van der Waals surface area contributed by atoms with Crippen LogP contribution in [-0.4, -0.2) is 53.8 Å². The summed E-state index contributed by atoms with van der Waals surface area (Å²) in [6.45, 7) is 9.29. The maximum Gasteiger partial charge on any atom is 0.248 e. The van der Waals surface area contributed by atoms with Gasteiger partial charge in [-0.3, -0.25) is 9.36 Å². The van der Waals surface area contributed by atoms with Crippen molar-refractivity contribution in [2.24, 2.45) is 0 Å². The number of nitrogens with one attached hydrogen (secondary N) is 1. The highest BCUT2D eigenvalue weighted by atomic mass is 19.1. The molecule has 32 heavy (non-hydrogen) atoms. The van der Waals surface area contributed by atoms with Crippen molar-refractivity contribution in [3.63, 3.8) is 0 Å². The number of likely N-dealkylation sites (N-methyl/N-ethyl adjacent to an activating group) is 1. The van der Waals surface area contributed by atoms with E-state index in [4.69, 9.17) is 4.52 Å². The molecule has 7 nitrogen and oxygen atoms in total. The maximum atomic E-state index is 13.9. The summed E-state index contributed by atoms with van der Waals surface area (Å²) in [5, 5.41) is 6.93. The van der Waals surface area contributed by atoms with Crippen molar-refractivity contribution in [2.75, 3.05) is 43.4 Å². The number of amides is 1. The van der Waals surface area contributed by atoms with Crippen LogP contribution in [0.2, 0.25) is 0 Å². The molecule has 3 heterocycles. The van der Waals surface area contributed by atoms with Crippen molar-refractivity contribution >= 4 is 23.4 Å². The molecule has 2 aromatic heterocycles. The molecule has 0 atom stereocenters. The van der Waals surface area contributed by atoms with E-state index in [0.29, 0.717) is 11.5 Å². The molecule has 1 fully saturated rings. The second-order valence-corrected chi connectivity index (χ2v) is 8.23. The first kappa shape index (κ1) is 21.8. The molecule has 4 rings (SSSR count). The van der Waals surface area contributed by atoms with E-state index in [-0.39, 0.29) is 11.7 Å². The second kappa shape index (κ2) is 9.00. The van der Waals surface area contributed by atoms with Crippen molar-refractivity contribution in [2.45, 2.75) is 20.8 Å². The topological polar surface area (TPSA) is 66.5 Å². The van der Waals surface area contributed by atoms with Crippen LogP contribution in [0.3, 0.4) is 0 Å². The monoisotopic (exact) mass is 437 g/mol. The molecule has 1 aromatic carbocycles. The molecule has 0 unspecified atom stereocenters. The Kier molecular flexibility index (Phi) is 6.14. The van der Waals surface area contributed by atoms with Crippen LogP contribution in [-0.2, 0) is 4.79 Å². The average Bonchev–Trinajstić information content (AvgIpc) is 3.29. The quantitative estimate of drug-likeness (QED) is 0.613. The third kappa shape index (κ3) is 4.60. The SMILES string of the molecule is Cc1cc(-n2c(C)cc(/C=C/C(=O)Nc3cc(F)ccc3N3CCN(C)CC3)c2C)no1. The Balaban J connectivity index is 1.52. The van der Waals surface area contributed by atoms with E-state index >= 15 is 0 Å². The highest BCUT2D eigenvalue weighted by Crippen LogP contribution is 2.28. The number of benzene rings is 1. The largest absolute Gasteiger partial charge is 0.367 e. The van der Waals surface area contributed by atoms with Gasteiger partial charge >= 0.3 is 0 Å². The lowest BCUT2D eigenvalue weighted by molar-refractivity contribution is -0.111. The number of halogens is 1. The minimum Gasteiger partial charge on any atom is -0.367 e. The van der Waals surface area contributed by atoms with Crippen LogP contribution in [0.5, 0.6) is 0 Å². The van der Waals surface area contributed by atoms with Gasteiger partial charge in [0.05, 0.1) is 11.4 Å². The van der Waals surface area contributed by atoms with Crippen LogP contribution in [0.1, 0.15) is 22.7 Å². The van der Waals surface area contributed by atoms with Gasteiger partial charge in [0, 0.05) is 49.7 Å². The summed E-state index contributed by atoms with van der Waals surface area (Å²) in [4.78, 5) is 17.1. The molecule has 1 saturated heterocycles. The summed E-state index contributed by atoms with van der Waals surface area (Å²) in [5.41, 5.74) is 4.15. The molecule has 168 valence electrons. The van der Waals surface area contributed by atoms with E-state index in [2.05, 4.69) is 27.3 Å². The highest BCUT2D eigenvalue weighted by molar-refractivity contribution is 6.04. The predicted octanol–water partition coefficient (Wildman–Crippen LogP) is 3.93. The summed E-state index contributed by atoms with van der Waals surface area (Å²) in [7, 11) is 2.08. The average molecular weight is 438 g/mol. The molecule has 0 radical (unpaired) electrons. The number of aromatic nitrogens is 2. The number of carbonyl (C=O) groups excluding carboxylic acids is 1. The van der Waals surface area contributed by atoms with E-state index in [0.717, 1.165) is 54.6 Å². The van der Waals surface area contributed by atoms with Gasteiger partial charge in [-0.05, 0) is 63.7 Å². The first-order chi connectivity index (χ1) is 15.3. The van der Waals surface area contributed by atoms with Crippen molar-refractivity contribution in [1.29, 1.82) is 0 Å². The second-order valence-electron chi connectivity index (χ2n) is 8.23. The summed E-state index contributed by atoms with van der Waals surface area (Å²) in [5.74, 6) is 0.745. The maximum absolute atomic E-state index is 13.9. The molecule has 1 N–H and O–H groups in total. The van der Waals surface area contributed by atoms with Crippen molar-refractivity contribution < 1.29 is 13.7 Å². The number of nitrogens with zero attached hydrogens (tertiary/aromatic N) is 4. The molecule has 1 aliphatic rings. The molecule has 0 spiro atoms. The predicted molar refractivity (Wildman–Crippen MR) is 124 cm³/mol. The van der Waals surface area contributed by atoms with Crippen LogP contribution in [0.25, 0.3) is 11.9 Å². The van der Waals surface area contributed by atoms with E-state index < -0.39 is 0 Å². The zero-order valence-electron chi connectivity index (χ0n) is 18.9. The molecule has 1 amide bonds. The molecular weight excluding hydrogens is 409 g/mol. The number of hydrogen-bond acceptors (Lipinski definition) is 5. The number of rotatable bonds is 5. The Morgan fingerprint density at radius 2 is 1.88 bits per heavy atom. The van der Waals surface area contributed by atoms with Crippen LogP contribution in [0.4, 0.5) is 15.8 Å². The summed E-state index contributed by atoms with van der Waals surface area (Å²) in [6.07, 6.45) is 3.23. The minimum atomic E-state index is -0.381. The van der Waals surface area contributed by atoms with Crippen LogP contribution >= 0.6 is 0 Å². The van der Waals surface area contributed by atoms with Gasteiger partial charge in [-0.2, -0.15) is 0 Å². The first-order valence-corrected chi connectivity index (χ1v) is 10.7. The Labute approximate surface area is 187 Å². The molecular formula is C24H28FN5O2. The number of aryl methyl sites for hydroxylation is 2. The van der Waals surface area contributed by atoms with Crippen molar-refractivity contribution in [3.05, 3.63) is 64.9 Å². The molecule has 3 aromatic rings. The smallest absolute Gasteiger partial charge is 0.248 e.